The lowest BCUT2D eigenvalue weighted by Crippen LogP contribution is -2.28. The predicted octanol–water partition coefficient (Wildman–Crippen LogP) is 1.97. The lowest BCUT2D eigenvalue weighted by molar-refractivity contribution is 0.0207. The average Bonchev–Trinajstić information content (AvgIpc) is 2.29. The summed E-state index contributed by atoms with van der Waals surface area (Å²) in [6.07, 6.45) is 2.60. The predicted molar refractivity (Wildman–Crippen MR) is 56.1 cm³/mol. The lowest BCUT2D eigenvalue weighted by atomic mass is 10.1. The zero-order valence-corrected chi connectivity index (χ0v) is 8.36. The van der Waals surface area contributed by atoms with Gasteiger partial charge in [-0.3, -0.25) is 0 Å². The highest BCUT2D eigenvalue weighted by Gasteiger charge is 2.13. The normalized spacial score (nSPS) is 18.3. The number of hydrogen-bond acceptors (Lipinski definition) is 1. The molecule has 14 heavy (non-hydrogen) atoms. The maximum absolute atomic E-state index is 5.81. The Hall–Kier alpha value is -0.860. The molecule has 1 aliphatic heterocycles. The molecule has 2 rings (SSSR count). The summed E-state index contributed by atoms with van der Waals surface area (Å²) in [4.78, 5) is 0. The van der Waals surface area contributed by atoms with Crippen molar-refractivity contribution in [2.24, 2.45) is 0 Å². The molecule has 0 spiro atoms. The van der Waals surface area contributed by atoms with Crippen molar-refractivity contribution in [1.29, 1.82) is 0 Å². The molecular formula is C12H16NO. The highest BCUT2D eigenvalue weighted by Crippen LogP contribution is 2.11. The van der Waals surface area contributed by atoms with Crippen molar-refractivity contribution in [1.82, 2.24) is 5.32 Å². The molecule has 0 unspecified atom stereocenters. The summed E-state index contributed by atoms with van der Waals surface area (Å²) in [5, 5.41) is 4.30. The lowest BCUT2D eigenvalue weighted by Gasteiger charge is -2.21. The molecular weight excluding hydrogens is 174 g/mol. The quantitative estimate of drug-likeness (QED) is 0.714. The van der Waals surface area contributed by atoms with E-state index in [1.165, 1.54) is 5.56 Å². The van der Waals surface area contributed by atoms with E-state index in [2.05, 4.69) is 29.6 Å². The van der Waals surface area contributed by atoms with Crippen LogP contribution in [0.3, 0.4) is 0 Å². The molecule has 1 saturated heterocycles. The van der Waals surface area contributed by atoms with Crippen LogP contribution in [0, 0.1) is 0 Å². The Morgan fingerprint density at radius 2 is 1.86 bits per heavy atom. The second kappa shape index (κ2) is 5.13. The topological polar surface area (TPSA) is 23.3 Å². The highest BCUT2D eigenvalue weighted by atomic mass is 16.5. The van der Waals surface area contributed by atoms with Crippen molar-refractivity contribution in [2.75, 3.05) is 13.1 Å². The minimum Gasteiger partial charge on any atom is -0.373 e. The third kappa shape index (κ3) is 2.82. The van der Waals surface area contributed by atoms with E-state index in [0.29, 0.717) is 6.10 Å². The molecule has 2 heteroatoms. The first-order valence-corrected chi connectivity index (χ1v) is 5.24. The zero-order valence-electron chi connectivity index (χ0n) is 8.36. The third-order valence-corrected chi connectivity index (χ3v) is 2.55. The van der Waals surface area contributed by atoms with Crippen LogP contribution in [0.25, 0.3) is 0 Å². The van der Waals surface area contributed by atoms with Gasteiger partial charge in [-0.15, -0.1) is 0 Å². The second-order valence-corrected chi connectivity index (χ2v) is 3.67. The van der Waals surface area contributed by atoms with Gasteiger partial charge in [0, 0.05) is 13.1 Å². The molecule has 1 aromatic carbocycles. The fraction of sp³-hybridized carbons (Fsp3) is 0.500. The summed E-state index contributed by atoms with van der Waals surface area (Å²) < 4.78 is 5.81. The van der Waals surface area contributed by atoms with Gasteiger partial charge >= 0.3 is 0 Å². The number of piperidine rings is 1. The van der Waals surface area contributed by atoms with E-state index in [1.54, 1.807) is 0 Å². The fourth-order valence-corrected chi connectivity index (χ4v) is 1.68. The number of hydrogen-bond donors (Lipinski definition) is 0. The molecule has 1 aliphatic rings. The Kier molecular flexibility index (Phi) is 3.55. The van der Waals surface area contributed by atoms with E-state index in [4.69, 9.17) is 4.74 Å². The van der Waals surface area contributed by atoms with E-state index < -0.39 is 0 Å². The van der Waals surface area contributed by atoms with Gasteiger partial charge in [0.25, 0.3) is 0 Å². The van der Waals surface area contributed by atoms with Crippen molar-refractivity contribution in [3.8, 4) is 0 Å². The largest absolute Gasteiger partial charge is 0.373 e. The van der Waals surface area contributed by atoms with Crippen molar-refractivity contribution in [3.63, 3.8) is 0 Å². The number of ether oxygens (including phenoxy) is 1. The van der Waals surface area contributed by atoms with Gasteiger partial charge in [0.2, 0.25) is 0 Å². The Morgan fingerprint density at radius 1 is 1.14 bits per heavy atom. The molecule has 1 aromatic rings. The van der Waals surface area contributed by atoms with Crippen molar-refractivity contribution in [3.05, 3.63) is 35.9 Å². The van der Waals surface area contributed by atoms with Crippen LogP contribution in [0.1, 0.15) is 18.4 Å². The monoisotopic (exact) mass is 190 g/mol. The van der Waals surface area contributed by atoms with Crippen LogP contribution in [-0.2, 0) is 11.3 Å². The molecule has 0 amide bonds. The van der Waals surface area contributed by atoms with Crippen LogP contribution in [-0.4, -0.2) is 19.2 Å². The molecule has 1 radical (unpaired) electrons. The molecule has 1 heterocycles. The summed E-state index contributed by atoms with van der Waals surface area (Å²) in [6, 6.07) is 10.3. The van der Waals surface area contributed by atoms with Gasteiger partial charge in [0.15, 0.2) is 0 Å². The van der Waals surface area contributed by atoms with Gasteiger partial charge in [-0.25, -0.2) is 5.32 Å². The third-order valence-electron chi connectivity index (χ3n) is 2.55. The van der Waals surface area contributed by atoms with Crippen LogP contribution >= 0.6 is 0 Å². The maximum atomic E-state index is 5.81. The first-order chi connectivity index (χ1) is 6.95. The van der Waals surface area contributed by atoms with Crippen LogP contribution in [0.15, 0.2) is 30.3 Å². The van der Waals surface area contributed by atoms with Gasteiger partial charge in [-0.05, 0) is 18.4 Å². The Morgan fingerprint density at radius 3 is 2.57 bits per heavy atom. The van der Waals surface area contributed by atoms with E-state index in [-0.39, 0.29) is 0 Å². The molecule has 0 aromatic heterocycles. The van der Waals surface area contributed by atoms with Crippen LogP contribution in [0.5, 0.6) is 0 Å². The number of rotatable bonds is 3. The summed E-state index contributed by atoms with van der Waals surface area (Å²) in [5.74, 6) is 0. The van der Waals surface area contributed by atoms with E-state index in [9.17, 15) is 0 Å². The first-order valence-electron chi connectivity index (χ1n) is 5.24. The molecule has 0 saturated carbocycles. The molecule has 0 N–H and O–H groups in total. The van der Waals surface area contributed by atoms with Gasteiger partial charge in [0.05, 0.1) is 12.7 Å². The standard InChI is InChI=1S/C12H16NO/c1-2-4-11(5-3-1)10-14-12-6-8-13-9-7-12/h1-5,12H,6-10H2. The van der Waals surface area contributed by atoms with Crippen LogP contribution < -0.4 is 5.32 Å². The minimum atomic E-state index is 0.424. The van der Waals surface area contributed by atoms with E-state index in [0.717, 1.165) is 32.5 Å². The van der Waals surface area contributed by atoms with Crippen molar-refractivity contribution in [2.45, 2.75) is 25.6 Å². The molecule has 0 aliphatic carbocycles. The van der Waals surface area contributed by atoms with E-state index in [1.807, 2.05) is 6.07 Å². The van der Waals surface area contributed by atoms with Crippen LogP contribution in [0.2, 0.25) is 0 Å². The van der Waals surface area contributed by atoms with Crippen LogP contribution in [0.4, 0.5) is 0 Å². The average molecular weight is 190 g/mol. The Bertz CT molecular complexity index is 254. The molecule has 1 fully saturated rings. The first kappa shape index (κ1) is 9.69. The minimum absolute atomic E-state index is 0.424. The van der Waals surface area contributed by atoms with Crippen molar-refractivity contribution >= 4 is 0 Å². The van der Waals surface area contributed by atoms with Gasteiger partial charge in [-0.2, -0.15) is 0 Å². The summed E-state index contributed by atoms with van der Waals surface area (Å²) in [5.41, 5.74) is 1.26. The highest BCUT2D eigenvalue weighted by molar-refractivity contribution is 5.13. The Labute approximate surface area is 85.3 Å². The summed E-state index contributed by atoms with van der Waals surface area (Å²) in [7, 11) is 0. The second-order valence-electron chi connectivity index (χ2n) is 3.67. The maximum Gasteiger partial charge on any atom is 0.0720 e. The van der Waals surface area contributed by atoms with Gasteiger partial charge in [-0.1, -0.05) is 30.3 Å². The molecule has 75 valence electrons. The van der Waals surface area contributed by atoms with Gasteiger partial charge < -0.3 is 4.74 Å². The number of nitrogens with zero attached hydrogens (tertiary/aromatic N) is 1. The Balaban J connectivity index is 1.76. The van der Waals surface area contributed by atoms with Gasteiger partial charge in [0.1, 0.15) is 0 Å². The summed E-state index contributed by atoms with van der Waals surface area (Å²) >= 11 is 0. The van der Waals surface area contributed by atoms with E-state index >= 15 is 0 Å². The van der Waals surface area contributed by atoms with Crippen molar-refractivity contribution < 1.29 is 4.74 Å². The number of benzene rings is 1. The smallest absolute Gasteiger partial charge is 0.0720 e. The molecule has 0 atom stereocenters. The fourth-order valence-electron chi connectivity index (χ4n) is 1.68. The summed E-state index contributed by atoms with van der Waals surface area (Å²) in [6.45, 7) is 2.68. The molecule has 0 bridgehead atoms. The molecule has 2 nitrogen and oxygen atoms in total. The zero-order chi connectivity index (χ0) is 9.64. The SMILES string of the molecule is c1ccc(COC2CC[N]CC2)cc1.